The highest BCUT2D eigenvalue weighted by atomic mass is 16.5. The molecule has 0 atom stereocenters. The van der Waals surface area contributed by atoms with Crippen molar-refractivity contribution in [2.45, 2.75) is 44.9 Å². The smallest absolute Gasteiger partial charge is 0.221 e. The average molecular weight is 385 g/mol. The van der Waals surface area contributed by atoms with Crippen molar-refractivity contribution in [2.24, 2.45) is 10.9 Å². The second-order valence-electron chi connectivity index (χ2n) is 8.33. The van der Waals surface area contributed by atoms with Crippen LogP contribution >= 0.6 is 0 Å². The predicted molar refractivity (Wildman–Crippen MR) is 120 cm³/mol. The largest absolute Gasteiger partial charge is 0.477 e. The van der Waals surface area contributed by atoms with Gasteiger partial charge in [-0.05, 0) is 60.6 Å². The summed E-state index contributed by atoms with van der Waals surface area (Å²) in [5.74, 6) is 1.59. The number of aromatic amines is 1. The molecule has 1 fully saturated rings. The second-order valence-corrected chi connectivity index (χ2v) is 8.33. The third-order valence-electron chi connectivity index (χ3n) is 6.20. The molecule has 2 aliphatic rings. The zero-order valence-corrected chi connectivity index (χ0v) is 16.9. The number of aromatic nitrogens is 1. The maximum absolute atomic E-state index is 6.06. The van der Waals surface area contributed by atoms with Crippen molar-refractivity contribution in [3.05, 3.63) is 77.5 Å². The highest BCUT2D eigenvalue weighted by Gasteiger charge is 2.16. The molecule has 0 saturated heterocycles. The molecular weight excluding hydrogens is 356 g/mol. The SMILES string of the molecule is C1=C(\c2ccc(CC3CCCC3)cc2)N=C(c2ccc3[nH]ccc3c2)OCCC/1. The van der Waals surface area contributed by atoms with Crippen LogP contribution in [0.2, 0.25) is 0 Å². The van der Waals surface area contributed by atoms with Crippen molar-refractivity contribution in [1.82, 2.24) is 4.98 Å². The molecule has 2 aromatic carbocycles. The van der Waals surface area contributed by atoms with Gasteiger partial charge < -0.3 is 9.72 Å². The molecule has 0 amide bonds. The molecule has 3 heteroatoms. The summed E-state index contributed by atoms with van der Waals surface area (Å²) in [5.41, 5.74) is 5.80. The van der Waals surface area contributed by atoms with Crippen LogP contribution in [-0.4, -0.2) is 17.5 Å². The van der Waals surface area contributed by atoms with E-state index in [0.717, 1.165) is 35.5 Å². The number of nitrogens with one attached hydrogen (secondary N) is 1. The quantitative estimate of drug-likeness (QED) is 0.548. The first-order valence-electron chi connectivity index (χ1n) is 10.9. The van der Waals surface area contributed by atoms with E-state index in [1.165, 1.54) is 48.6 Å². The fraction of sp³-hybridized carbons (Fsp3) is 0.346. The lowest BCUT2D eigenvalue weighted by atomic mass is 9.97. The van der Waals surface area contributed by atoms with Crippen molar-refractivity contribution in [3.63, 3.8) is 0 Å². The minimum atomic E-state index is 0.702. The zero-order valence-electron chi connectivity index (χ0n) is 16.9. The number of hydrogen-bond donors (Lipinski definition) is 1. The third-order valence-corrected chi connectivity index (χ3v) is 6.20. The van der Waals surface area contributed by atoms with Gasteiger partial charge in [-0.15, -0.1) is 0 Å². The highest BCUT2D eigenvalue weighted by molar-refractivity contribution is 6.00. The average Bonchev–Trinajstić information content (AvgIpc) is 3.40. The fourth-order valence-corrected chi connectivity index (χ4v) is 4.55. The number of benzene rings is 2. The Labute approximate surface area is 172 Å². The topological polar surface area (TPSA) is 37.4 Å². The van der Waals surface area contributed by atoms with Crippen molar-refractivity contribution in [1.29, 1.82) is 0 Å². The van der Waals surface area contributed by atoms with Crippen molar-refractivity contribution in [2.75, 3.05) is 6.61 Å². The lowest BCUT2D eigenvalue weighted by Crippen LogP contribution is -2.10. The number of aliphatic imine (C=N–C) groups is 1. The molecule has 1 saturated carbocycles. The number of fused-ring (bicyclic) bond motifs is 1. The number of H-pyrrole nitrogens is 1. The summed E-state index contributed by atoms with van der Waals surface area (Å²) < 4.78 is 6.06. The van der Waals surface area contributed by atoms with Crippen LogP contribution in [0.25, 0.3) is 16.6 Å². The van der Waals surface area contributed by atoms with Crippen LogP contribution in [0.5, 0.6) is 0 Å². The van der Waals surface area contributed by atoms with E-state index in [1.807, 2.05) is 6.20 Å². The first kappa shape index (κ1) is 18.2. The Hall–Kier alpha value is -2.81. The van der Waals surface area contributed by atoms with E-state index in [2.05, 4.69) is 59.6 Å². The van der Waals surface area contributed by atoms with Crippen molar-refractivity contribution >= 4 is 22.5 Å². The molecule has 0 spiro atoms. The van der Waals surface area contributed by atoms with Gasteiger partial charge in [-0.1, -0.05) is 56.0 Å². The normalized spacial score (nSPS) is 19.9. The zero-order chi connectivity index (χ0) is 19.5. The van der Waals surface area contributed by atoms with Gasteiger partial charge in [-0.2, -0.15) is 0 Å². The Morgan fingerprint density at radius 2 is 1.76 bits per heavy atom. The van der Waals surface area contributed by atoms with E-state index < -0.39 is 0 Å². The molecule has 1 aromatic heterocycles. The van der Waals surface area contributed by atoms with E-state index >= 15 is 0 Å². The summed E-state index contributed by atoms with van der Waals surface area (Å²) in [6.07, 6.45) is 13.0. The van der Waals surface area contributed by atoms with E-state index in [-0.39, 0.29) is 0 Å². The Kier molecular flexibility index (Phi) is 5.21. The Morgan fingerprint density at radius 1 is 0.931 bits per heavy atom. The summed E-state index contributed by atoms with van der Waals surface area (Å²) >= 11 is 0. The fourth-order valence-electron chi connectivity index (χ4n) is 4.55. The molecular formula is C26H28N2O. The molecule has 148 valence electrons. The Bertz CT molecular complexity index is 1040. The molecule has 0 unspecified atom stereocenters. The van der Waals surface area contributed by atoms with Gasteiger partial charge >= 0.3 is 0 Å². The number of nitrogens with zero attached hydrogens (tertiary/aromatic N) is 1. The van der Waals surface area contributed by atoms with Gasteiger partial charge in [0.05, 0.1) is 12.3 Å². The maximum Gasteiger partial charge on any atom is 0.221 e. The summed E-state index contributed by atoms with van der Waals surface area (Å²) in [4.78, 5) is 8.19. The second kappa shape index (κ2) is 8.28. The van der Waals surface area contributed by atoms with Gasteiger partial charge in [0, 0.05) is 22.7 Å². The Balaban J connectivity index is 1.41. The summed E-state index contributed by atoms with van der Waals surface area (Å²) in [5, 5.41) is 1.18. The summed E-state index contributed by atoms with van der Waals surface area (Å²) in [6.45, 7) is 0.702. The number of rotatable bonds is 4. The van der Waals surface area contributed by atoms with Crippen LogP contribution in [0, 0.1) is 5.92 Å². The van der Waals surface area contributed by atoms with Crippen molar-refractivity contribution in [3.8, 4) is 0 Å². The molecule has 0 bridgehead atoms. The van der Waals surface area contributed by atoms with Crippen LogP contribution in [0.4, 0.5) is 0 Å². The molecule has 1 aliphatic heterocycles. The number of allylic oxidation sites excluding steroid dienone is 1. The van der Waals surface area contributed by atoms with Gasteiger partial charge in [0.1, 0.15) is 0 Å². The predicted octanol–water partition coefficient (Wildman–Crippen LogP) is 6.50. The first-order chi connectivity index (χ1) is 14.3. The third kappa shape index (κ3) is 4.14. The minimum Gasteiger partial charge on any atom is -0.477 e. The molecule has 1 N–H and O–H groups in total. The molecule has 3 nitrogen and oxygen atoms in total. The molecule has 2 heterocycles. The minimum absolute atomic E-state index is 0.702. The van der Waals surface area contributed by atoms with Crippen LogP contribution in [0.1, 0.15) is 55.2 Å². The van der Waals surface area contributed by atoms with E-state index in [1.54, 1.807) is 0 Å². The molecule has 5 rings (SSSR count). The number of hydrogen-bond acceptors (Lipinski definition) is 2. The lowest BCUT2D eigenvalue weighted by molar-refractivity contribution is 0.299. The molecule has 1 aliphatic carbocycles. The maximum atomic E-state index is 6.06. The van der Waals surface area contributed by atoms with E-state index in [0.29, 0.717) is 12.5 Å². The Morgan fingerprint density at radius 3 is 2.62 bits per heavy atom. The van der Waals surface area contributed by atoms with Gasteiger partial charge in [-0.3, -0.25) is 0 Å². The molecule has 29 heavy (non-hydrogen) atoms. The monoisotopic (exact) mass is 384 g/mol. The van der Waals surface area contributed by atoms with Crippen LogP contribution in [0.3, 0.4) is 0 Å². The number of ether oxygens (including phenoxy) is 1. The first-order valence-corrected chi connectivity index (χ1v) is 10.9. The van der Waals surface area contributed by atoms with Gasteiger partial charge in [0.15, 0.2) is 0 Å². The molecule has 3 aromatic rings. The van der Waals surface area contributed by atoms with Crippen LogP contribution in [0.15, 0.2) is 65.8 Å². The standard InChI is InChI=1S/C26H28N2O/c1-2-6-19(5-1)17-20-8-10-21(11-9-20)25-7-3-4-16-29-26(28-25)23-12-13-24-22(18-23)14-15-27-24/h7-15,18-19,27H,1-6,16-17H2/b25-7+,28-26?. The van der Waals surface area contributed by atoms with E-state index in [9.17, 15) is 0 Å². The lowest BCUT2D eigenvalue weighted by Gasteiger charge is -2.15. The van der Waals surface area contributed by atoms with E-state index in [4.69, 9.17) is 9.73 Å². The van der Waals surface area contributed by atoms with Crippen molar-refractivity contribution < 1.29 is 4.74 Å². The van der Waals surface area contributed by atoms with Gasteiger partial charge in [-0.25, -0.2) is 4.99 Å². The van der Waals surface area contributed by atoms with Crippen LogP contribution in [-0.2, 0) is 11.2 Å². The summed E-state index contributed by atoms with van der Waals surface area (Å²) in [7, 11) is 0. The van der Waals surface area contributed by atoms with Gasteiger partial charge in [0.2, 0.25) is 5.90 Å². The van der Waals surface area contributed by atoms with Gasteiger partial charge in [0.25, 0.3) is 0 Å². The van der Waals surface area contributed by atoms with Crippen LogP contribution < -0.4 is 0 Å². The highest BCUT2D eigenvalue weighted by Crippen LogP contribution is 2.29. The molecule has 0 radical (unpaired) electrons. The summed E-state index contributed by atoms with van der Waals surface area (Å²) in [6, 6.07) is 17.4.